The van der Waals surface area contributed by atoms with Crippen LogP contribution in [0.3, 0.4) is 0 Å². The largest absolute Gasteiger partial charge is 0.483 e. The number of hydrogen-bond donors (Lipinski definition) is 1. The normalized spacial score (nSPS) is 19.7. The summed E-state index contributed by atoms with van der Waals surface area (Å²) in [7, 11) is 5.21. The van der Waals surface area contributed by atoms with Gasteiger partial charge in [0.05, 0.1) is 18.1 Å². The molecule has 0 saturated carbocycles. The summed E-state index contributed by atoms with van der Waals surface area (Å²) in [6, 6.07) is 3.05. The topological polar surface area (TPSA) is 126 Å². The highest BCUT2D eigenvalue weighted by atomic mass is 16.6. The molecular weight excluding hydrogens is 394 g/mol. The van der Waals surface area contributed by atoms with Gasteiger partial charge >= 0.3 is 11.9 Å². The summed E-state index contributed by atoms with van der Waals surface area (Å²) in [6.07, 6.45) is 3.16. The van der Waals surface area contributed by atoms with Crippen molar-refractivity contribution in [2.75, 3.05) is 40.8 Å². The molecule has 3 heterocycles. The number of amides is 1. The SMILES string of the molecule is COC(=O)c1ccc(C(=O)N2CCC3(CC2)CC(CN(C)C)OC3=O)nc1.O=CO. The first-order chi connectivity index (χ1) is 14.3. The van der Waals surface area contributed by atoms with E-state index in [0.29, 0.717) is 44.5 Å². The Bertz CT molecular complexity index is 771. The molecule has 10 nitrogen and oxygen atoms in total. The van der Waals surface area contributed by atoms with Gasteiger partial charge in [-0.3, -0.25) is 19.4 Å². The van der Waals surface area contributed by atoms with Crippen LogP contribution in [0.5, 0.6) is 0 Å². The van der Waals surface area contributed by atoms with Crippen LogP contribution in [0.4, 0.5) is 0 Å². The van der Waals surface area contributed by atoms with Gasteiger partial charge in [-0.05, 0) is 39.1 Å². The maximum absolute atomic E-state index is 12.7. The number of methoxy groups -OCH3 is 1. The van der Waals surface area contributed by atoms with E-state index in [1.807, 2.05) is 19.0 Å². The number of hydrogen-bond acceptors (Lipinski definition) is 8. The predicted molar refractivity (Wildman–Crippen MR) is 105 cm³/mol. The summed E-state index contributed by atoms with van der Waals surface area (Å²) in [4.78, 5) is 52.7. The minimum Gasteiger partial charge on any atom is -0.483 e. The molecule has 1 N–H and O–H groups in total. The molecule has 1 unspecified atom stereocenters. The Kier molecular flexibility index (Phi) is 7.87. The van der Waals surface area contributed by atoms with Gasteiger partial charge in [0, 0.05) is 32.3 Å². The summed E-state index contributed by atoms with van der Waals surface area (Å²) >= 11 is 0. The van der Waals surface area contributed by atoms with E-state index in [4.69, 9.17) is 14.6 Å². The fourth-order valence-corrected chi connectivity index (χ4v) is 3.81. The zero-order valence-corrected chi connectivity index (χ0v) is 17.4. The van der Waals surface area contributed by atoms with E-state index in [9.17, 15) is 14.4 Å². The molecule has 0 bridgehead atoms. The summed E-state index contributed by atoms with van der Waals surface area (Å²) < 4.78 is 10.2. The van der Waals surface area contributed by atoms with Crippen LogP contribution in [0.25, 0.3) is 0 Å². The summed E-state index contributed by atoms with van der Waals surface area (Å²) in [5, 5.41) is 6.89. The lowest BCUT2D eigenvalue weighted by Gasteiger charge is -2.36. The van der Waals surface area contributed by atoms with Crippen molar-refractivity contribution >= 4 is 24.3 Å². The molecular formula is C20H27N3O7. The molecule has 164 valence electrons. The number of esters is 2. The number of carbonyl (C=O) groups is 4. The second kappa shape index (κ2) is 10.1. The molecule has 30 heavy (non-hydrogen) atoms. The number of nitrogens with zero attached hydrogens (tertiary/aromatic N) is 3. The van der Waals surface area contributed by atoms with Crippen molar-refractivity contribution in [3.05, 3.63) is 29.6 Å². The van der Waals surface area contributed by atoms with Gasteiger partial charge in [0.15, 0.2) is 0 Å². The van der Waals surface area contributed by atoms with Crippen molar-refractivity contribution in [1.29, 1.82) is 0 Å². The van der Waals surface area contributed by atoms with Crippen LogP contribution in [0.1, 0.15) is 40.1 Å². The Morgan fingerprint density at radius 3 is 2.50 bits per heavy atom. The quantitative estimate of drug-likeness (QED) is 0.551. The van der Waals surface area contributed by atoms with Gasteiger partial charge in [-0.15, -0.1) is 0 Å². The minimum atomic E-state index is -0.492. The van der Waals surface area contributed by atoms with Crippen LogP contribution in [0, 0.1) is 5.41 Å². The molecule has 2 fully saturated rings. The Morgan fingerprint density at radius 1 is 1.37 bits per heavy atom. The Hall–Kier alpha value is -3.01. The fourth-order valence-electron chi connectivity index (χ4n) is 3.81. The molecule has 1 spiro atoms. The van der Waals surface area contributed by atoms with Crippen molar-refractivity contribution in [3.8, 4) is 0 Å². The van der Waals surface area contributed by atoms with Crippen LogP contribution >= 0.6 is 0 Å². The van der Waals surface area contributed by atoms with Crippen LogP contribution in [0.2, 0.25) is 0 Å². The number of carboxylic acid groups (broad SMARTS) is 1. The molecule has 3 rings (SSSR count). The highest BCUT2D eigenvalue weighted by Gasteiger charge is 2.50. The molecule has 10 heteroatoms. The number of ether oxygens (including phenoxy) is 2. The standard InChI is InChI=1S/C19H25N3O5.CH2O2/c1-21(2)12-14-10-19(18(25)27-14)6-8-22(9-7-19)16(23)15-5-4-13(11-20-15)17(24)26-3;2-1-3/h4-5,11,14H,6-10,12H2,1-3H3;1H,(H,2,3). The number of likely N-dealkylation sites (tertiary alicyclic amines) is 1. The minimum absolute atomic E-state index is 0.0812. The maximum Gasteiger partial charge on any atom is 0.339 e. The number of aromatic nitrogens is 1. The number of cyclic esters (lactones) is 1. The van der Waals surface area contributed by atoms with Gasteiger partial charge in [-0.2, -0.15) is 0 Å². The van der Waals surface area contributed by atoms with E-state index in [0.717, 1.165) is 0 Å². The van der Waals surface area contributed by atoms with Gasteiger partial charge in [0.25, 0.3) is 12.4 Å². The Balaban J connectivity index is 0.00000101. The number of rotatable bonds is 4. The lowest BCUT2D eigenvalue weighted by Crippen LogP contribution is -2.45. The van der Waals surface area contributed by atoms with E-state index >= 15 is 0 Å². The van der Waals surface area contributed by atoms with E-state index in [1.54, 1.807) is 4.90 Å². The van der Waals surface area contributed by atoms with Gasteiger partial charge in [-0.25, -0.2) is 4.79 Å². The summed E-state index contributed by atoms with van der Waals surface area (Å²) in [5.41, 5.74) is 0.102. The molecule has 1 aromatic rings. The lowest BCUT2D eigenvalue weighted by atomic mass is 9.76. The van der Waals surface area contributed by atoms with Crippen LogP contribution in [-0.4, -0.2) is 91.2 Å². The molecule has 0 radical (unpaired) electrons. The predicted octanol–water partition coefficient (Wildman–Crippen LogP) is 0.669. The molecule has 0 aromatic carbocycles. The fraction of sp³-hybridized carbons (Fsp3) is 0.550. The third kappa shape index (κ3) is 5.32. The highest BCUT2D eigenvalue weighted by Crippen LogP contribution is 2.43. The average Bonchev–Trinajstić information content (AvgIpc) is 3.01. The van der Waals surface area contributed by atoms with Crippen LogP contribution in [0.15, 0.2) is 18.3 Å². The molecule has 1 amide bonds. The molecule has 0 aliphatic carbocycles. The second-order valence-electron chi connectivity index (χ2n) is 7.60. The number of piperidine rings is 1. The summed E-state index contributed by atoms with van der Waals surface area (Å²) in [6.45, 7) is 1.44. The van der Waals surface area contributed by atoms with E-state index in [1.165, 1.54) is 25.4 Å². The maximum atomic E-state index is 12.7. The van der Waals surface area contributed by atoms with Gasteiger partial charge in [-0.1, -0.05) is 0 Å². The van der Waals surface area contributed by atoms with Crippen molar-refractivity contribution in [2.45, 2.75) is 25.4 Å². The molecule has 1 atom stereocenters. The van der Waals surface area contributed by atoms with Crippen molar-refractivity contribution in [2.24, 2.45) is 5.41 Å². The average molecular weight is 421 g/mol. The second-order valence-corrected chi connectivity index (χ2v) is 7.60. The van der Waals surface area contributed by atoms with E-state index in [2.05, 4.69) is 9.72 Å². The Labute approximate surface area is 174 Å². The van der Waals surface area contributed by atoms with Crippen LogP contribution in [-0.2, 0) is 19.1 Å². The molecule has 2 saturated heterocycles. The zero-order valence-electron chi connectivity index (χ0n) is 17.4. The smallest absolute Gasteiger partial charge is 0.339 e. The van der Waals surface area contributed by atoms with E-state index in [-0.39, 0.29) is 30.1 Å². The number of pyridine rings is 1. The lowest BCUT2D eigenvalue weighted by molar-refractivity contribution is -0.150. The van der Waals surface area contributed by atoms with E-state index < -0.39 is 11.4 Å². The highest BCUT2D eigenvalue weighted by molar-refractivity contribution is 5.94. The van der Waals surface area contributed by atoms with Crippen molar-refractivity contribution in [3.63, 3.8) is 0 Å². The van der Waals surface area contributed by atoms with Crippen molar-refractivity contribution in [1.82, 2.24) is 14.8 Å². The number of carbonyl (C=O) groups excluding carboxylic acids is 3. The van der Waals surface area contributed by atoms with Gasteiger partial charge in [0.1, 0.15) is 11.8 Å². The van der Waals surface area contributed by atoms with Crippen molar-refractivity contribution < 1.29 is 33.8 Å². The van der Waals surface area contributed by atoms with Gasteiger partial charge in [0.2, 0.25) is 0 Å². The summed E-state index contributed by atoms with van der Waals surface area (Å²) in [5.74, 6) is -0.826. The van der Waals surface area contributed by atoms with Gasteiger partial charge < -0.3 is 24.4 Å². The third-order valence-electron chi connectivity index (χ3n) is 5.31. The number of likely N-dealkylation sites (N-methyl/N-ethyl adjacent to an activating group) is 1. The van der Waals surface area contributed by atoms with Crippen LogP contribution < -0.4 is 0 Å². The first-order valence-electron chi connectivity index (χ1n) is 9.53. The monoisotopic (exact) mass is 421 g/mol. The molecule has 1 aromatic heterocycles. The third-order valence-corrected chi connectivity index (χ3v) is 5.31. The first-order valence-corrected chi connectivity index (χ1v) is 9.53. The Morgan fingerprint density at radius 2 is 2.00 bits per heavy atom. The molecule has 2 aliphatic heterocycles. The first kappa shape index (κ1) is 23.3. The zero-order chi connectivity index (χ0) is 22.3. The molecule has 2 aliphatic rings.